The molecule has 1 heterocycles. The molecule has 19 heavy (non-hydrogen) atoms. The van der Waals surface area contributed by atoms with Crippen LogP contribution in [0.25, 0.3) is 0 Å². The molecule has 1 unspecified atom stereocenters. The number of hydrogen-bond donors (Lipinski definition) is 1. The summed E-state index contributed by atoms with van der Waals surface area (Å²) in [6.45, 7) is 6.51. The van der Waals surface area contributed by atoms with Gasteiger partial charge in [0.1, 0.15) is 17.1 Å². The van der Waals surface area contributed by atoms with Crippen LogP contribution in [0.4, 0.5) is 0 Å². The van der Waals surface area contributed by atoms with E-state index in [9.17, 15) is 5.11 Å². The van der Waals surface area contributed by atoms with E-state index in [0.717, 1.165) is 11.3 Å². The van der Waals surface area contributed by atoms with Crippen LogP contribution >= 0.6 is 0 Å². The van der Waals surface area contributed by atoms with E-state index in [0.29, 0.717) is 0 Å². The van der Waals surface area contributed by atoms with Crippen molar-refractivity contribution in [3.8, 4) is 11.5 Å². The lowest BCUT2D eigenvalue weighted by atomic mass is 9.69. The maximum atomic E-state index is 9.45. The second-order valence-electron chi connectivity index (χ2n) is 5.80. The van der Waals surface area contributed by atoms with Crippen molar-refractivity contribution in [3.05, 3.63) is 59.7 Å². The molecule has 3 rings (SSSR count). The topological polar surface area (TPSA) is 29.5 Å². The number of fused-ring (bicyclic) bond motifs is 1. The molecule has 0 saturated carbocycles. The van der Waals surface area contributed by atoms with Crippen molar-refractivity contribution in [2.24, 2.45) is 0 Å². The van der Waals surface area contributed by atoms with Crippen molar-refractivity contribution >= 4 is 0 Å². The summed E-state index contributed by atoms with van der Waals surface area (Å²) in [5, 5.41) is 9.45. The van der Waals surface area contributed by atoms with Gasteiger partial charge in [-0.05, 0) is 30.7 Å². The number of ether oxygens (including phenoxy) is 1. The third kappa shape index (κ3) is 1.56. The van der Waals surface area contributed by atoms with Gasteiger partial charge in [0.2, 0.25) is 0 Å². The van der Waals surface area contributed by atoms with Gasteiger partial charge in [-0.2, -0.15) is 0 Å². The van der Waals surface area contributed by atoms with E-state index < -0.39 is 5.60 Å². The summed E-state index contributed by atoms with van der Waals surface area (Å²) < 4.78 is 6.25. The summed E-state index contributed by atoms with van der Waals surface area (Å²) in [7, 11) is 0. The first-order valence-electron chi connectivity index (χ1n) is 6.53. The minimum Gasteiger partial charge on any atom is -0.508 e. The third-order valence-electron chi connectivity index (χ3n) is 4.49. The molecule has 98 valence electrons. The van der Waals surface area contributed by atoms with E-state index in [2.05, 4.69) is 26.8 Å². The van der Waals surface area contributed by atoms with Crippen LogP contribution in [0.15, 0.2) is 48.5 Å². The van der Waals surface area contributed by atoms with Crippen LogP contribution in [-0.4, -0.2) is 5.11 Å². The third-order valence-corrected chi connectivity index (χ3v) is 4.49. The van der Waals surface area contributed by atoms with Crippen LogP contribution < -0.4 is 4.74 Å². The van der Waals surface area contributed by atoms with Crippen LogP contribution in [-0.2, 0) is 11.0 Å². The first-order chi connectivity index (χ1) is 8.95. The molecule has 2 aromatic rings. The second kappa shape index (κ2) is 3.77. The molecule has 0 amide bonds. The van der Waals surface area contributed by atoms with Gasteiger partial charge in [-0.15, -0.1) is 0 Å². The quantitative estimate of drug-likeness (QED) is 0.834. The van der Waals surface area contributed by atoms with Gasteiger partial charge in [0.15, 0.2) is 0 Å². The highest BCUT2D eigenvalue weighted by Crippen LogP contribution is 2.53. The highest BCUT2D eigenvalue weighted by Gasteiger charge is 2.52. The fraction of sp³-hybridized carbons (Fsp3) is 0.294. The van der Waals surface area contributed by atoms with Crippen LogP contribution in [0.1, 0.15) is 31.9 Å². The molecule has 0 aliphatic carbocycles. The largest absolute Gasteiger partial charge is 0.508 e. The lowest BCUT2D eigenvalue weighted by Crippen LogP contribution is -2.42. The first-order valence-corrected chi connectivity index (χ1v) is 6.53. The lowest BCUT2D eigenvalue weighted by Gasteiger charge is -2.37. The normalized spacial score (nSPS) is 23.7. The molecule has 2 heteroatoms. The van der Waals surface area contributed by atoms with E-state index in [4.69, 9.17) is 4.74 Å². The van der Waals surface area contributed by atoms with Crippen molar-refractivity contribution in [1.82, 2.24) is 0 Å². The summed E-state index contributed by atoms with van der Waals surface area (Å²) in [5.74, 6) is 1.23. The van der Waals surface area contributed by atoms with Crippen LogP contribution in [0, 0.1) is 0 Å². The Morgan fingerprint density at radius 2 is 1.53 bits per heavy atom. The number of phenols is 1. The molecule has 1 atom stereocenters. The molecule has 1 N–H and O–H groups in total. The number of aromatic hydroxyl groups is 1. The number of hydrogen-bond acceptors (Lipinski definition) is 2. The Bertz CT molecular complexity index is 613. The predicted molar refractivity (Wildman–Crippen MR) is 75.6 cm³/mol. The zero-order chi connectivity index (χ0) is 13.7. The van der Waals surface area contributed by atoms with E-state index in [-0.39, 0.29) is 11.2 Å². The minimum atomic E-state index is -0.426. The maximum absolute atomic E-state index is 9.45. The van der Waals surface area contributed by atoms with Gasteiger partial charge in [0.05, 0.1) is 0 Å². The second-order valence-corrected chi connectivity index (χ2v) is 5.80. The molecular formula is C17H18O2. The van der Waals surface area contributed by atoms with Crippen molar-refractivity contribution in [2.75, 3.05) is 0 Å². The van der Waals surface area contributed by atoms with Crippen LogP contribution in [0.5, 0.6) is 11.5 Å². The summed E-state index contributed by atoms with van der Waals surface area (Å²) in [4.78, 5) is 0. The summed E-state index contributed by atoms with van der Waals surface area (Å²) in [5.41, 5.74) is 1.75. The Labute approximate surface area is 113 Å². The SMILES string of the molecule is CC1(C)c2ccccc2OC1(C)c1ccc(O)cc1. The van der Waals surface area contributed by atoms with Crippen molar-refractivity contribution in [1.29, 1.82) is 0 Å². The van der Waals surface area contributed by atoms with Gasteiger partial charge in [-0.3, -0.25) is 0 Å². The average molecular weight is 254 g/mol. The van der Waals surface area contributed by atoms with Gasteiger partial charge in [-0.25, -0.2) is 0 Å². The zero-order valence-corrected chi connectivity index (χ0v) is 11.5. The Hall–Kier alpha value is -1.96. The van der Waals surface area contributed by atoms with Gasteiger partial charge >= 0.3 is 0 Å². The summed E-state index contributed by atoms with van der Waals surface area (Å²) in [6, 6.07) is 15.5. The Morgan fingerprint density at radius 3 is 2.16 bits per heavy atom. The van der Waals surface area contributed by atoms with Crippen molar-refractivity contribution < 1.29 is 9.84 Å². The molecule has 0 aromatic heterocycles. The van der Waals surface area contributed by atoms with Crippen LogP contribution in [0.2, 0.25) is 0 Å². The minimum absolute atomic E-state index is 0.124. The highest BCUT2D eigenvalue weighted by molar-refractivity contribution is 5.49. The van der Waals surface area contributed by atoms with Gasteiger partial charge in [0, 0.05) is 11.0 Å². The fourth-order valence-corrected chi connectivity index (χ4v) is 2.88. The molecule has 0 radical (unpaired) electrons. The van der Waals surface area contributed by atoms with Crippen LogP contribution in [0.3, 0.4) is 0 Å². The smallest absolute Gasteiger partial charge is 0.140 e. The Kier molecular flexibility index (Phi) is 2.40. The number of para-hydroxylation sites is 1. The van der Waals surface area contributed by atoms with E-state index in [1.54, 1.807) is 12.1 Å². The van der Waals surface area contributed by atoms with Crippen molar-refractivity contribution in [3.63, 3.8) is 0 Å². The molecule has 1 aliphatic rings. The number of benzene rings is 2. The Balaban J connectivity index is 2.14. The molecule has 0 saturated heterocycles. The average Bonchev–Trinajstić information content (AvgIpc) is 2.59. The molecular weight excluding hydrogens is 236 g/mol. The molecule has 2 nitrogen and oxygen atoms in total. The van der Waals surface area contributed by atoms with Gasteiger partial charge < -0.3 is 9.84 Å². The van der Waals surface area contributed by atoms with Gasteiger partial charge in [-0.1, -0.05) is 44.2 Å². The standard InChI is InChI=1S/C17H18O2/c1-16(2)14-6-4-5-7-15(14)19-17(16,3)12-8-10-13(18)11-9-12/h4-11,18H,1-3H3. The molecule has 0 spiro atoms. The lowest BCUT2D eigenvalue weighted by molar-refractivity contribution is 0.0479. The summed E-state index contributed by atoms with van der Waals surface area (Å²) >= 11 is 0. The number of rotatable bonds is 1. The zero-order valence-electron chi connectivity index (χ0n) is 11.5. The molecule has 0 fully saturated rings. The van der Waals surface area contributed by atoms with Crippen molar-refractivity contribution in [2.45, 2.75) is 31.8 Å². The van der Waals surface area contributed by atoms with E-state index in [1.165, 1.54) is 5.56 Å². The van der Waals surface area contributed by atoms with E-state index in [1.807, 2.05) is 30.3 Å². The Morgan fingerprint density at radius 1 is 0.895 bits per heavy atom. The predicted octanol–water partition coefficient (Wildman–Crippen LogP) is 3.98. The molecule has 2 aromatic carbocycles. The maximum Gasteiger partial charge on any atom is 0.140 e. The fourth-order valence-electron chi connectivity index (χ4n) is 2.88. The highest BCUT2D eigenvalue weighted by atomic mass is 16.5. The number of phenolic OH excluding ortho intramolecular Hbond substituents is 1. The molecule has 1 aliphatic heterocycles. The summed E-state index contributed by atoms with van der Waals surface area (Å²) in [6.07, 6.45) is 0. The monoisotopic (exact) mass is 254 g/mol. The van der Waals surface area contributed by atoms with Gasteiger partial charge in [0.25, 0.3) is 0 Å². The molecule has 0 bridgehead atoms. The first kappa shape index (κ1) is 12.1. The van der Waals surface area contributed by atoms with E-state index >= 15 is 0 Å².